The highest BCUT2D eigenvalue weighted by Crippen LogP contribution is 2.30. The van der Waals surface area contributed by atoms with E-state index in [2.05, 4.69) is 46.5 Å². The Kier molecular flexibility index (Phi) is 7.13. The van der Waals surface area contributed by atoms with Crippen LogP contribution in [0.5, 0.6) is 0 Å². The van der Waals surface area contributed by atoms with E-state index in [0.717, 1.165) is 44.3 Å². The van der Waals surface area contributed by atoms with Gasteiger partial charge in [-0.25, -0.2) is 4.98 Å². The third-order valence-electron chi connectivity index (χ3n) is 5.13. The van der Waals surface area contributed by atoms with Crippen LogP contribution in [0.1, 0.15) is 6.92 Å². The Labute approximate surface area is 199 Å². The van der Waals surface area contributed by atoms with Crippen LogP contribution >= 0.6 is 11.6 Å². The van der Waals surface area contributed by atoms with Crippen molar-refractivity contribution in [3.8, 4) is 28.2 Å². The second-order valence-corrected chi connectivity index (χ2v) is 7.75. The first kappa shape index (κ1) is 22.3. The average Bonchev–Trinajstić information content (AvgIpc) is 3.26. The van der Waals surface area contributed by atoms with Crippen molar-refractivity contribution in [1.29, 1.82) is 0 Å². The van der Waals surface area contributed by atoms with Gasteiger partial charge in [0.1, 0.15) is 5.82 Å². The summed E-state index contributed by atoms with van der Waals surface area (Å²) in [6.07, 6.45) is 9.19. The van der Waals surface area contributed by atoms with Crippen molar-refractivity contribution in [3.05, 3.63) is 127 Å². The largest absolute Gasteiger partial charge is 0.292 e. The van der Waals surface area contributed by atoms with Crippen LogP contribution in [0.4, 0.5) is 0 Å². The number of hydrogen-bond acceptors (Lipinski definition) is 2. The Hall–Kier alpha value is -3.95. The van der Waals surface area contributed by atoms with Gasteiger partial charge < -0.3 is 0 Å². The highest BCUT2D eigenvalue weighted by Gasteiger charge is 2.14. The highest BCUT2D eigenvalue weighted by atomic mass is 35.5. The number of fused-ring (bicyclic) bond motifs is 1. The Balaban J connectivity index is 0.000000471. The Morgan fingerprint density at radius 3 is 2.06 bits per heavy atom. The van der Waals surface area contributed by atoms with E-state index in [1.54, 1.807) is 6.08 Å². The molecule has 0 unspecified atom stereocenters. The minimum Gasteiger partial charge on any atom is -0.292 e. The quantitative estimate of drug-likeness (QED) is 0.259. The Bertz CT molecular complexity index is 1370. The van der Waals surface area contributed by atoms with E-state index in [4.69, 9.17) is 16.6 Å². The Morgan fingerprint density at radius 1 is 0.788 bits per heavy atom. The zero-order valence-electron chi connectivity index (χ0n) is 18.4. The molecule has 0 aliphatic carbocycles. The molecule has 2 aromatic heterocycles. The third kappa shape index (κ3) is 5.11. The number of nitrogens with zero attached hydrogens (tertiary/aromatic N) is 3. The molecule has 4 heteroatoms. The van der Waals surface area contributed by atoms with Gasteiger partial charge in [0, 0.05) is 28.7 Å². The summed E-state index contributed by atoms with van der Waals surface area (Å²) in [7, 11) is 0. The van der Waals surface area contributed by atoms with Gasteiger partial charge in [0.05, 0.1) is 11.0 Å². The lowest BCUT2D eigenvalue weighted by atomic mass is 10.0. The number of hydrogen-bond donors (Lipinski definition) is 0. The van der Waals surface area contributed by atoms with Crippen molar-refractivity contribution < 1.29 is 0 Å². The summed E-state index contributed by atoms with van der Waals surface area (Å²) in [5, 5.41) is 0.719. The van der Waals surface area contributed by atoms with Gasteiger partial charge in [0.2, 0.25) is 0 Å². The molecule has 0 aliphatic heterocycles. The number of pyridine rings is 1. The lowest BCUT2D eigenvalue weighted by Gasteiger charge is -2.10. The predicted octanol–water partition coefficient (Wildman–Crippen LogP) is 8.16. The van der Waals surface area contributed by atoms with E-state index in [0.29, 0.717) is 0 Å². The lowest BCUT2D eigenvalue weighted by molar-refractivity contribution is 1.10. The molecule has 0 saturated carbocycles. The van der Waals surface area contributed by atoms with Gasteiger partial charge in [-0.3, -0.25) is 9.55 Å². The summed E-state index contributed by atoms with van der Waals surface area (Å²) in [6, 6.07) is 28.5. The van der Waals surface area contributed by atoms with E-state index < -0.39 is 0 Å². The van der Waals surface area contributed by atoms with Crippen LogP contribution in [-0.4, -0.2) is 14.5 Å². The van der Waals surface area contributed by atoms with E-state index in [1.807, 2.05) is 86.1 Å². The second kappa shape index (κ2) is 10.6. The molecule has 0 atom stereocenters. The van der Waals surface area contributed by atoms with Crippen LogP contribution in [0.2, 0.25) is 5.02 Å². The maximum Gasteiger partial charge on any atom is 0.145 e. The van der Waals surface area contributed by atoms with E-state index in [9.17, 15) is 0 Å². The van der Waals surface area contributed by atoms with Gasteiger partial charge in [-0.15, -0.1) is 0 Å². The third-order valence-corrected chi connectivity index (χ3v) is 5.38. The number of rotatable bonds is 4. The average molecular weight is 450 g/mol. The van der Waals surface area contributed by atoms with Crippen molar-refractivity contribution in [1.82, 2.24) is 14.5 Å². The molecule has 0 spiro atoms. The first-order valence-corrected chi connectivity index (χ1v) is 11.1. The van der Waals surface area contributed by atoms with Crippen LogP contribution in [0.3, 0.4) is 0 Å². The maximum absolute atomic E-state index is 6.09. The van der Waals surface area contributed by atoms with Gasteiger partial charge in [0.15, 0.2) is 0 Å². The summed E-state index contributed by atoms with van der Waals surface area (Å²) in [5.41, 5.74) is 6.42. The number of halogens is 1. The summed E-state index contributed by atoms with van der Waals surface area (Å²) >= 11 is 6.09. The fourth-order valence-corrected chi connectivity index (χ4v) is 3.69. The number of allylic oxidation sites excluding steroid dienone is 3. The minimum absolute atomic E-state index is 0.719. The van der Waals surface area contributed by atoms with Crippen molar-refractivity contribution in [3.63, 3.8) is 0 Å². The summed E-state index contributed by atoms with van der Waals surface area (Å²) in [5.74, 6) is 0.907. The molecule has 0 saturated heterocycles. The first-order valence-electron chi connectivity index (χ1n) is 10.7. The SMILES string of the molecule is C=C/C=C\C.Clc1ccc(-n2c(-c3ccc(-c4ccncc4)cc3)nc3ccccc32)cc1. The zero-order valence-corrected chi connectivity index (χ0v) is 19.2. The molecule has 0 radical (unpaired) electrons. The number of aromatic nitrogens is 3. The minimum atomic E-state index is 0.719. The second-order valence-electron chi connectivity index (χ2n) is 7.31. The number of para-hydroxylation sites is 2. The number of benzene rings is 3. The molecule has 0 amide bonds. The summed E-state index contributed by atoms with van der Waals surface area (Å²) < 4.78 is 2.17. The predicted molar refractivity (Wildman–Crippen MR) is 140 cm³/mol. The molecule has 0 aliphatic rings. The van der Waals surface area contributed by atoms with Gasteiger partial charge in [-0.1, -0.05) is 72.8 Å². The molecular formula is C29H24ClN3. The van der Waals surface area contributed by atoms with Crippen LogP contribution in [0.15, 0.2) is 122 Å². The van der Waals surface area contributed by atoms with Crippen LogP contribution in [0, 0.1) is 0 Å². The van der Waals surface area contributed by atoms with Crippen molar-refractivity contribution >= 4 is 22.6 Å². The van der Waals surface area contributed by atoms with Gasteiger partial charge in [-0.05, 0) is 66.6 Å². The standard InChI is InChI=1S/C24H16ClN3.C5H8/c25-20-9-11-21(12-10-20)28-23-4-2-1-3-22(23)27-24(28)19-7-5-17(6-8-19)18-13-15-26-16-14-18;1-3-5-4-2/h1-16H;3-5H,1H2,2H3/b;5-4-. The van der Waals surface area contributed by atoms with Crippen LogP contribution in [0.25, 0.3) is 39.2 Å². The molecule has 0 bridgehead atoms. The molecule has 0 fully saturated rings. The smallest absolute Gasteiger partial charge is 0.145 e. The molecule has 0 N–H and O–H groups in total. The monoisotopic (exact) mass is 449 g/mol. The maximum atomic E-state index is 6.09. The Morgan fingerprint density at radius 2 is 1.42 bits per heavy atom. The van der Waals surface area contributed by atoms with Gasteiger partial charge >= 0.3 is 0 Å². The fraction of sp³-hybridized carbons (Fsp3) is 0.0345. The normalized spacial score (nSPS) is 10.7. The van der Waals surface area contributed by atoms with Crippen LogP contribution < -0.4 is 0 Å². The summed E-state index contributed by atoms with van der Waals surface area (Å²) in [4.78, 5) is 8.99. The molecule has 33 heavy (non-hydrogen) atoms. The molecule has 5 aromatic rings. The van der Waals surface area contributed by atoms with E-state index in [1.165, 1.54) is 0 Å². The van der Waals surface area contributed by atoms with Crippen LogP contribution in [-0.2, 0) is 0 Å². The molecule has 5 rings (SSSR count). The first-order chi connectivity index (χ1) is 16.2. The fourth-order valence-electron chi connectivity index (χ4n) is 3.56. The van der Waals surface area contributed by atoms with E-state index >= 15 is 0 Å². The van der Waals surface area contributed by atoms with Crippen molar-refractivity contribution in [2.24, 2.45) is 0 Å². The van der Waals surface area contributed by atoms with Gasteiger partial charge in [-0.2, -0.15) is 0 Å². The summed E-state index contributed by atoms with van der Waals surface area (Å²) in [6.45, 7) is 5.42. The number of imidazole rings is 1. The molecular weight excluding hydrogens is 426 g/mol. The van der Waals surface area contributed by atoms with E-state index in [-0.39, 0.29) is 0 Å². The highest BCUT2D eigenvalue weighted by molar-refractivity contribution is 6.30. The lowest BCUT2D eigenvalue weighted by Crippen LogP contribution is -1.97. The molecule has 3 aromatic carbocycles. The van der Waals surface area contributed by atoms with Crippen molar-refractivity contribution in [2.75, 3.05) is 0 Å². The topological polar surface area (TPSA) is 30.7 Å². The van der Waals surface area contributed by atoms with Crippen molar-refractivity contribution in [2.45, 2.75) is 6.92 Å². The molecule has 3 nitrogen and oxygen atoms in total. The molecule has 2 heterocycles. The molecule has 162 valence electrons. The van der Waals surface area contributed by atoms with Gasteiger partial charge in [0.25, 0.3) is 0 Å². The zero-order chi connectivity index (χ0) is 23.0.